The van der Waals surface area contributed by atoms with E-state index in [1.54, 1.807) is 37.4 Å². The van der Waals surface area contributed by atoms with E-state index in [1.165, 1.54) is 17.7 Å². The molecule has 28 heavy (non-hydrogen) atoms. The van der Waals surface area contributed by atoms with Gasteiger partial charge in [-0.3, -0.25) is 4.98 Å². The fraction of sp³-hybridized carbons (Fsp3) is 0.105. The molecule has 0 saturated carbocycles. The number of benzene rings is 1. The highest BCUT2D eigenvalue weighted by atomic mass is 19.1. The molecule has 0 radical (unpaired) electrons. The van der Waals surface area contributed by atoms with Gasteiger partial charge in [0.05, 0.1) is 23.6 Å². The monoisotopic (exact) mass is 376 g/mol. The highest BCUT2D eigenvalue weighted by Gasteiger charge is 2.23. The summed E-state index contributed by atoms with van der Waals surface area (Å²) in [5.74, 6) is 0.961. The fourth-order valence-corrected chi connectivity index (χ4v) is 3.18. The molecule has 0 bridgehead atoms. The van der Waals surface area contributed by atoms with Gasteiger partial charge in [-0.1, -0.05) is 11.2 Å². The van der Waals surface area contributed by atoms with Crippen LogP contribution in [0.2, 0.25) is 0 Å². The second-order valence-corrected chi connectivity index (χ2v) is 6.15. The van der Waals surface area contributed by atoms with Crippen LogP contribution in [0.3, 0.4) is 0 Å². The maximum atomic E-state index is 14.9. The molecule has 8 nitrogen and oxygen atoms in total. The molecular weight excluding hydrogens is 363 g/mol. The van der Waals surface area contributed by atoms with E-state index in [9.17, 15) is 4.39 Å². The van der Waals surface area contributed by atoms with Gasteiger partial charge in [-0.2, -0.15) is 9.61 Å². The van der Waals surface area contributed by atoms with Gasteiger partial charge in [-0.05, 0) is 31.2 Å². The number of pyridine rings is 1. The second-order valence-electron chi connectivity index (χ2n) is 6.15. The fourth-order valence-electron chi connectivity index (χ4n) is 3.18. The van der Waals surface area contributed by atoms with Crippen LogP contribution in [0.4, 0.5) is 4.39 Å². The zero-order chi connectivity index (χ0) is 19.3. The summed E-state index contributed by atoms with van der Waals surface area (Å²) < 4.78 is 27.0. The largest absolute Gasteiger partial charge is 0.496 e. The normalized spacial score (nSPS) is 11.4. The summed E-state index contributed by atoms with van der Waals surface area (Å²) >= 11 is 0. The van der Waals surface area contributed by atoms with Crippen LogP contribution >= 0.6 is 0 Å². The Hall–Kier alpha value is -3.88. The molecule has 0 saturated heterocycles. The van der Waals surface area contributed by atoms with E-state index in [2.05, 4.69) is 25.4 Å². The van der Waals surface area contributed by atoms with Gasteiger partial charge in [-0.25, -0.2) is 4.39 Å². The van der Waals surface area contributed by atoms with E-state index >= 15 is 0 Å². The van der Waals surface area contributed by atoms with E-state index in [-0.39, 0.29) is 11.0 Å². The Morgan fingerprint density at radius 2 is 1.96 bits per heavy atom. The summed E-state index contributed by atoms with van der Waals surface area (Å²) in [6, 6.07) is 10.0. The molecule has 0 atom stereocenters. The predicted octanol–water partition coefficient (Wildman–Crippen LogP) is 3.45. The molecule has 0 aliphatic rings. The lowest BCUT2D eigenvalue weighted by Gasteiger charge is -2.11. The SMILES string of the molecule is COc1ccc(F)c2c1c(-c1ccccn1)nn1c(-c3cc(C)on3)nnc21. The average molecular weight is 376 g/mol. The van der Waals surface area contributed by atoms with Gasteiger partial charge in [0, 0.05) is 12.3 Å². The molecule has 5 aromatic rings. The van der Waals surface area contributed by atoms with Crippen molar-refractivity contribution in [3.8, 4) is 28.7 Å². The van der Waals surface area contributed by atoms with Crippen LogP contribution in [-0.4, -0.2) is 37.1 Å². The minimum Gasteiger partial charge on any atom is -0.496 e. The summed E-state index contributed by atoms with van der Waals surface area (Å²) in [6.07, 6.45) is 1.65. The van der Waals surface area contributed by atoms with Crippen molar-refractivity contribution in [1.82, 2.24) is 30.0 Å². The van der Waals surface area contributed by atoms with Gasteiger partial charge < -0.3 is 9.26 Å². The number of halogens is 1. The number of ether oxygens (including phenoxy) is 1. The third-order valence-corrected chi connectivity index (χ3v) is 4.40. The summed E-state index contributed by atoms with van der Waals surface area (Å²) in [5.41, 5.74) is 1.71. The van der Waals surface area contributed by atoms with E-state index in [0.29, 0.717) is 39.8 Å². The lowest BCUT2D eigenvalue weighted by Crippen LogP contribution is -2.03. The molecule has 0 aliphatic heterocycles. The van der Waals surface area contributed by atoms with Gasteiger partial charge in [0.15, 0.2) is 11.3 Å². The topological polar surface area (TPSA) is 91.2 Å². The molecule has 0 amide bonds. The smallest absolute Gasteiger partial charge is 0.207 e. The predicted molar refractivity (Wildman–Crippen MR) is 98.3 cm³/mol. The zero-order valence-corrected chi connectivity index (χ0v) is 14.9. The lowest BCUT2D eigenvalue weighted by atomic mass is 10.1. The van der Waals surface area contributed by atoms with Crippen LogP contribution in [0, 0.1) is 12.7 Å². The number of methoxy groups -OCH3 is 1. The van der Waals surface area contributed by atoms with Crippen molar-refractivity contribution in [3.05, 3.63) is 54.2 Å². The maximum Gasteiger partial charge on any atom is 0.207 e. The Balaban J connectivity index is 1.96. The van der Waals surface area contributed by atoms with Crippen molar-refractivity contribution < 1.29 is 13.7 Å². The first-order valence-electron chi connectivity index (χ1n) is 8.44. The van der Waals surface area contributed by atoms with E-state index in [4.69, 9.17) is 9.26 Å². The first kappa shape index (κ1) is 16.3. The second kappa shape index (κ2) is 6.08. The third-order valence-electron chi connectivity index (χ3n) is 4.40. The van der Waals surface area contributed by atoms with E-state index < -0.39 is 5.82 Å². The Labute approximate surface area is 157 Å². The lowest BCUT2D eigenvalue weighted by molar-refractivity contribution is 0.399. The Morgan fingerprint density at radius 1 is 1.07 bits per heavy atom. The molecule has 0 N–H and O–H groups in total. The van der Waals surface area contributed by atoms with Crippen molar-refractivity contribution >= 4 is 16.4 Å². The number of fused-ring (bicyclic) bond motifs is 3. The Morgan fingerprint density at radius 3 is 2.68 bits per heavy atom. The number of hydrogen-bond acceptors (Lipinski definition) is 7. The van der Waals surface area contributed by atoms with Crippen LogP contribution in [0.1, 0.15) is 5.76 Å². The van der Waals surface area contributed by atoms with Crippen molar-refractivity contribution in [3.63, 3.8) is 0 Å². The highest BCUT2D eigenvalue weighted by molar-refractivity contribution is 6.05. The Bertz CT molecular complexity index is 1330. The number of aryl methyl sites for hydroxylation is 1. The molecule has 5 rings (SSSR count). The van der Waals surface area contributed by atoms with Crippen molar-refractivity contribution in [1.29, 1.82) is 0 Å². The molecule has 9 heteroatoms. The van der Waals surface area contributed by atoms with Gasteiger partial charge in [0.2, 0.25) is 5.82 Å². The van der Waals surface area contributed by atoms with Gasteiger partial charge in [0.25, 0.3) is 0 Å². The van der Waals surface area contributed by atoms with Crippen molar-refractivity contribution in [2.24, 2.45) is 0 Å². The number of hydrogen-bond donors (Lipinski definition) is 0. The van der Waals surface area contributed by atoms with Crippen molar-refractivity contribution in [2.75, 3.05) is 7.11 Å². The van der Waals surface area contributed by atoms with E-state index in [0.717, 1.165) is 0 Å². The summed E-state index contributed by atoms with van der Waals surface area (Å²) in [7, 11) is 1.52. The van der Waals surface area contributed by atoms with Crippen molar-refractivity contribution in [2.45, 2.75) is 6.92 Å². The van der Waals surface area contributed by atoms with Gasteiger partial charge >= 0.3 is 0 Å². The number of rotatable bonds is 3. The molecule has 4 heterocycles. The van der Waals surface area contributed by atoms with Crippen LogP contribution in [0.25, 0.3) is 39.3 Å². The summed E-state index contributed by atoms with van der Waals surface area (Å²) in [6.45, 7) is 1.77. The van der Waals surface area contributed by atoms with Crippen LogP contribution in [0.15, 0.2) is 47.1 Å². The van der Waals surface area contributed by atoms with Gasteiger partial charge in [-0.15, -0.1) is 10.2 Å². The van der Waals surface area contributed by atoms with E-state index in [1.807, 2.05) is 6.07 Å². The molecule has 1 aromatic carbocycles. The quantitative estimate of drug-likeness (QED) is 0.476. The van der Waals surface area contributed by atoms with Crippen LogP contribution in [-0.2, 0) is 0 Å². The highest BCUT2D eigenvalue weighted by Crippen LogP contribution is 2.37. The number of nitrogens with zero attached hydrogens (tertiary/aromatic N) is 6. The molecule has 4 aromatic heterocycles. The first-order valence-corrected chi connectivity index (χ1v) is 8.44. The average Bonchev–Trinajstić information content (AvgIpc) is 3.34. The minimum atomic E-state index is -0.462. The Kier molecular flexibility index (Phi) is 3.54. The summed E-state index contributed by atoms with van der Waals surface area (Å²) in [4.78, 5) is 4.37. The van der Waals surface area contributed by atoms with Gasteiger partial charge in [0.1, 0.15) is 23.0 Å². The minimum absolute atomic E-state index is 0.244. The maximum absolute atomic E-state index is 14.9. The summed E-state index contributed by atoms with van der Waals surface area (Å²) in [5, 5.41) is 17.7. The third kappa shape index (κ3) is 2.33. The zero-order valence-electron chi connectivity index (χ0n) is 14.9. The molecule has 0 unspecified atom stereocenters. The number of aromatic nitrogens is 6. The molecular formula is C19H13FN6O2. The van der Waals surface area contributed by atoms with Crippen LogP contribution in [0.5, 0.6) is 5.75 Å². The van der Waals surface area contributed by atoms with Crippen LogP contribution < -0.4 is 4.74 Å². The molecule has 138 valence electrons. The molecule has 0 spiro atoms. The first-order chi connectivity index (χ1) is 13.7. The molecule has 0 aliphatic carbocycles. The standard InChI is InChI=1S/C19H13FN6O2/c1-10-9-13(25-28-10)18-22-23-19-15-11(20)6-7-14(27-2)16(15)17(24-26(18)19)12-5-3-4-8-21-12/h3-9H,1-2H3. The molecule has 0 fully saturated rings.